The molecule has 1 rings (SSSR count). The summed E-state index contributed by atoms with van der Waals surface area (Å²) in [6, 6.07) is 0.547. The van der Waals surface area contributed by atoms with Gasteiger partial charge in [-0.3, -0.25) is 4.79 Å². The first-order valence-electron chi connectivity index (χ1n) is 3.84. The van der Waals surface area contributed by atoms with Crippen LogP contribution < -0.4 is 5.73 Å². The Morgan fingerprint density at radius 2 is 1.93 bits per heavy atom. The average molecular weight is 220 g/mol. The smallest absolute Gasteiger partial charge is 0.151 e. The van der Waals surface area contributed by atoms with Crippen LogP contribution in [0.1, 0.15) is 18.5 Å². The quantitative estimate of drug-likeness (QED) is 0.775. The molecule has 0 aromatic heterocycles. The Morgan fingerprint density at radius 1 is 1.43 bits per heavy atom. The summed E-state index contributed by atoms with van der Waals surface area (Å²) in [5.74, 6) is -2.05. The molecule has 1 atom stereocenters. The Labute approximate surface area is 84.7 Å². The van der Waals surface area contributed by atoms with Crippen LogP contribution in [0.5, 0.6) is 0 Å². The van der Waals surface area contributed by atoms with E-state index in [1.165, 1.54) is 6.92 Å². The van der Waals surface area contributed by atoms with Gasteiger partial charge in [-0.25, -0.2) is 8.78 Å². The van der Waals surface area contributed by atoms with Gasteiger partial charge in [0.05, 0.1) is 11.1 Å². The third-order valence-corrected chi connectivity index (χ3v) is 2.21. The minimum atomic E-state index is -1.22. The van der Waals surface area contributed by atoms with Crippen LogP contribution in [0.2, 0.25) is 5.02 Å². The molecule has 0 heterocycles. The topological polar surface area (TPSA) is 43.1 Å². The van der Waals surface area contributed by atoms with Gasteiger partial charge in [0, 0.05) is 5.56 Å². The molecule has 76 valence electrons. The number of benzene rings is 1. The molecule has 0 saturated heterocycles. The van der Waals surface area contributed by atoms with Gasteiger partial charge in [0.2, 0.25) is 0 Å². The normalized spacial score (nSPS) is 12.6. The van der Waals surface area contributed by atoms with E-state index in [2.05, 4.69) is 0 Å². The van der Waals surface area contributed by atoms with E-state index in [0.717, 1.165) is 12.1 Å². The van der Waals surface area contributed by atoms with E-state index < -0.39 is 28.5 Å². The Kier molecular flexibility index (Phi) is 3.18. The first-order chi connectivity index (χ1) is 6.45. The Hall–Kier alpha value is -1.00. The van der Waals surface area contributed by atoms with Gasteiger partial charge < -0.3 is 5.73 Å². The lowest BCUT2D eigenvalue weighted by molar-refractivity contribution is -0.118. The van der Waals surface area contributed by atoms with Crippen LogP contribution in [0.25, 0.3) is 0 Å². The molecular weight excluding hydrogens is 212 g/mol. The van der Waals surface area contributed by atoms with Crippen LogP contribution in [-0.2, 0) is 4.79 Å². The molecule has 14 heavy (non-hydrogen) atoms. The highest BCUT2D eigenvalue weighted by atomic mass is 35.5. The van der Waals surface area contributed by atoms with Crippen molar-refractivity contribution in [2.24, 2.45) is 5.73 Å². The molecule has 0 amide bonds. The maximum Gasteiger partial charge on any atom is 0.151 e. The summed E-state index contributed by atoms with van der Waals surface area (Å²) in [5, 5.41) is -0.437. The van der Waals surface area contributed by atoms with E-state index in [1.807, 2.05) is 0 Å². The van der Waals surface area contributed by atoms with E-state index in [1.54, 1.807) is 0 Å². The van der Waals surface area contributed by atoms with Gasteiger partial charge in [-0.05, 0) is 19.1 Å². The summed E-state index contributed by atoms with van der Waals surface area (Å²) < 4.78 is 26.1. The molecule has 2 nitrogen and oxygen atoms in total. The van der Waals surface area contributed by atoms with Crippen molar-refractivity contribution in [3.8, 4) is 0 Å². The summed E-state index contributed by atoms with van der Waals surface area (Å²) in [4.78, 5) is 10.9. The molecule has 0 fully saturated rings. The van der Waals surface area contributed by atoms with Gasteiger partial charge >= 0.3 is 0 Å². The molecule has 0 bridgehead atoms. The van der Waals surface area contributed by atoms with Crippen LogP contribution in [0.4, 0.5) is 8.78 Å². The van der Waals surface area contributed by atoms with Crippen LogP contribution in [0.3, 0.4) is 0 Å². The van der Waals surface area contributed by atoms with Crippen molar-refractivity contribution >= 4 is 17.4 Å². The summed E-state index contributed by atoms with van der Waals surface area (Å²) in [6.45, 7) is 1.19. The number of nitrogens with two attached hydrogens (primary N) is 1. The van der Waals surface area contributed by atoms with Crippen LogP contribution in [-0.4, -0.2) is 5.78 Å². The zero-order valence-electron chi connectivity index (χ0n) is 7.35. The van der Waals surface area contributed by atoms with Gasteiger partial charge in [0.25, 0.3) is 0 Å². The van der Waals surface area contributed by atoms with Gasteiger partial charge in [0.15, 0.2) is 5.78 Å². The maximum absolute atomic E-state index is 13.2. The number of hydrogen-bond donors (Lipinski definition) is 1. The van der Waals surface area contributed by atoms with Gasteiger partial charge in [-0.1, -0.05) is 11.6 Å². The highest BCUT2D eigenvalue weighted by Crippen LogP contribution is 2.27. The SMILES string of the molecule is CC(=O)C(N)c1c(F)ccc(F)c1Cl. The second-order valence-corrected chi connectivity index (χ2v) is 3.22. The lowest BCUT2D eigenvalue weighted by Gasteiger charge is -2.11. The fraction of sp³-hybridized carbons (Fsp3) is 0.222. The second kappa shape index (κ2) is 4.02. The van der Waals surface area contributed by atoms with E-state index in [-0.39, 0.29) is 5.56 Å². The zero-order chi connectivity index (χ0) is 10.9. The number of ketones is 1. The minimum Gasteiger partial charge on any atom is -0.318 e. The van der Waals surface area contributed by atoms with Crippen molar-refractivity contribution in [2.75, 3.05) is 0 Å². The molecule has 1 aromatic rings. The van der Waals surface area contributed by atoms with E-state index >= 15 is 0 Å². The first kappa shape index (κ1) is 11.1. The fourth-order valence-electron chi connectivity index (χ4n) is 1.03. The molecule has 0 saturated carbocycles. The average Bonchev–Trinajstić information content (AvgIpc) is 2.12. The Balaban J connectivity index is 3.32. The Bertz CT molecular complexity index is 381. The van der Waals surface area contributed by atoms with Crippen LogP contribution in [0, 0.1) is 11.6 Å². The lowest BCUT2D eigenvalue weighted by Crippen LogP contribution is -2.20. The summed E-state index contributed by atoms with van der Waals surface area (Å²) >= 11 is 5.49. The molecule has 0 aliphatic carbocycles. The van der Waals surface area contributed by atoms with Crippen molar-refractivity contribution in [3.05, 3.63) is 34.4 Å². The third kappa shape index (κ3) is 1.91. The zero-order valence-corrected chi connectivity index (χ0v) is 8.11. The van der Waals surface area contributed by atoms with Crippen molar-refractivity contribution in [3.63, 3.8) is 0 Å². The number of Topliss-reactive ketones (excluding diaryl/α,β-unsaturated/α-hetero) is 1. The van der Waals surface area contributed by atoms with E-state index in [4.69, 9.17) is 17.3 Å². The highest BCUT2D eigenvalue weighted by molar-refractivity contribution is 6.31. The number of hydrogen-bond acceptors (Lipinski definition) is 2. The molecule has 1 unspecified atom stereocenters. The van der Waals surface area contributed by atoms with Gasteiger partial charge in [-0.2, -0.15) is 0 Å². The van der Waals surface area contributed by atoms with Crippen LogP contribution >= 0.6 is 11.6 Å². The number of carbonyl (C=O) groups excluding carboxylic acids is 1. The van der Waals surface area contributed by atoms with Crippen molar-refractivity contribution in [2.45, 2.75) is 13.0 Å². The Morgan fingerprint density at radius 3 is 2.43 bits per heavy atom. The molecule has 2 N–H and O–H groups in total. The molecule has 1 aromatic carbocycles. The molecule has 5 heteroatoms. The molecule has 0 aliphatic heterocycles. The number of halogens is 3. The predicted molar refractivity (Wildman–Crippen MR) is 49.0 cm³/mol. The predicted octanol–water partition coefficient (Wildman–Crippen LogP) is 2.21. The van der Waals surface area contributed by atoms with E-state index in [0.29, 0.717) is 0 Å². The van der Waals surface area contributed by atoms with Gasteiger partial charge in [0.1, 0.15) is 11.6 Å². The van der Waals surface area contributed by atoms with Gasteiger partial charge in [-0.15, -0.1) is 0 Å². The second-order valence-electron chi connectivity index (χ2n) is 2.85. The fourth-order valence-corrected chi connectivity index (χ4v) is 1.30. The summed E-state index contributed by atoms with van der Waals surface area (Å²) in [6.07, 6.45) is 0. The molecular formula is C9H8ClF2NO. The lowest BCUT2D eigenvalue weighted by atomic mass is 10.0. The molecule has 0 aliphatic rings. The largest absolute Gasteiger partial charge is 0.318 e. The summed E-state index contributed by atoms with van der Waals surface area (Å²) in [7, 11) is 0. The number of carbonyl (C=O) groups is 1. The van der Waals surface area contributed by atoms with Crippen molar-refractivity contribution < 1.29 is 13.6 Å². The monoisotopic (exact) mass is 219 g/mol. The highest BCUT2D eigenvalue weighted by Gasteiger charge is 2.21. The first-order valence-corrected chi connectivity index (χ1v) is 4.22. The molecule has 0 radical (unpaired) electrons. The van der Waals surface area contributed by atoms with E-state index in [9.17, 15) is 13.6 Å². The minimum absolute atomic E-state index is 0.292. The van der Waals surface area contributed by atoms with Crippen LogP contribution in [0.15, 0.2) is 12.1 Å². The van der Waals surface area contributed by atoms with Crippen molar-refractivity contribution in [1.82, 2.24) is 0 Å². The third-order valence-electron chi connectivity index (χ3n) is 1.83. The standard InChI is InChI=1S/C9H8ClF2NO/c1-4(14)9(13)7-5(11)2-3-6(12)8(7)10/h2-3,9H,13H2,1H3. The maximum atomic E-state index is 13.2. The summed E-state index contributed by atoms with van der Waals surface area (Å²) in [5.41, 5.74) is 5.08. The van der Waals surface area contributed by atoms with Crippen molar-refractivity contribution in [1.29, 1.82) is 0 Å². The molecule has 0 spiro atoms. The number of rotatable bonds is 2.